The molecular weight excluding hydrogens is 286 g/mol. The Labute approximate surface area is 129 Å². The average Bonchev–Trinajstić information content (AvgIpc) is 2.72. The van der Waals surface area contributed by atoms with Gasteiger partial charge in [0.05, 0.1) is 19.2 Å². The number of carbonyl (C=O) groups excluding carboxylic acids is 2. The highest BCUT2D eigenvalue weighted by molar-refractivity contribution is 5.94. The number of furan rings is 1. The Bertz CT molecular complexity index is 601. The Kier molecular flexibility index (Phi) is 6.13. The van der Waals surface area contributed by atoms with Gasteiger partial charge >= 0.3 is 5.97 Å². The molecule has 0 saturated carbocycles. The van der Waals surface area contributed by atoms with Crippen LogP contribution in [0.5, 0.6) is 0 Å². The highest BCUT2D eigenvalue weighted by Gasteiger charge is 2.23. The first-order chi connectivity index (χ1) is 10.3. The maximum absolute atomic E-state index is 12.2. The summed E-state index contributed by atoms with van der Waals surface area (Å²) >= 11 is 0. The minimum absolute atomic E-state index is 0.00371. The summed E-state index contributed by atoms with van der Waals surface area (Å²) in [4.78, 5) is 25.2. The second-order valence-electron chi connectivity index (χ2n) is 4.98. The van der Waals surface area contributed by atoms with E-state index in [4.69, 9.17) is 14.4 Å². The third-order valence-corrected chi connectivity index (χ3v) is 3.46. The zero-order valence-corrected chi connectivity index (χ0v) is 13.5. The Balaban J connectivity index is 2.74. The lowest BCUT2D eigenvalue weighted by molar-refractivity contribution is -0.144. The first-order valence-electron chi connectivity index (χ1n) is 6.98. The summed E-state index contributed by atoms with van der Waals surface area (Å²) in [6.07, 6.45) is 0. The highest BCUT2D eigenvalue weighted by Crippen LogP contribution is 2.25. The number of rotatable bonds is 6. The molecule has 1 unspecified atom stereocenters. The second kappa shape index (κ2) is 7.61. The van der Waals surface area contributed by atoms with Gasteiger partial charge in [-0.3, -0.25) is 19.8 Å². The predicted octanol–water partition coefficient (Wildman–Crippen LogP) is 1.59. The average molecular weight is 307 g/mol. The molecule has 0 aliphatic heterocycles. The van der Waals surface area contributed by atoms with Crippen molar-refractivity contribution in [3.8, 4) is 6.07 Å². The largest absolute Gasteiger partial charge is 0.465 e. The van der Waals surface area contributed by atoms with Gasteiger partial charge in [-0.05, 0) is 34.7 Å². The fourth-order valence-corrected chi connectivity index (χ4v) is 1.81. The molecule has 1 aromatic rings. The Morgan fingerprint density at radius 1 is 1.45 bits per heavy atom. The molecule has 22 heavy (non-hydrogen) atoms. The molecule has 120 valence electrons. The molecule has 1 heterocycles. The fourth-order valence-electron chi connectivity index (χ4n) is 1.81. The first-order valence-corrected chi connectivity index (χ1v) is 6.98. The van der Waals surface area contributed by atoms with Crippen molar-refractivity contribution >= 4 is 17.8 Å². The van der Waals surface area contributed by atoms with E-state index in [2.05, 4.69) is 5.32 Å². The molecule has 1 atom stereocenters. The summed E-state index contributed by atoms with van der Waals surface area (Å²) in [5.41, 5.74) is 1.01. The van der Waals surface area contributed by atoms with E-state index < -0.39 is 12.0 Å². The summed E-state index contributed by atoms with van der Waals surface area (Å²) in [6.45, 7) is 7.15. The second-order valence-corrected chi connectivity index (χ2v) is 4.98. The Morgan fingerprint density at radius 3 is 2.64 bits per heavy atom. The number of likely N-dealkylation sites (N-methyl/N-ethyl adjacent to an activating group) is 1. The maximum Gasteiger partial charge on any atom is 0.320 e. The van der Waals surface area contributed by atoms with Gasteiger partial charge in [0, 0.05) is 5.56 Å². The lowest BCUT2D eigenvalue weighted by Gasteiger charge is -2.22. The summed E-state index contributed by atoms with van der Waals surface area (Å²) in [5.74, 6) is -0.0395. The summed E-state index contributed by atoms with van der Waals surface area (Å²) in [5, 5.41) is 11.7. The van der Waals surface area contributed by atoms with Gasteiger partial charge in [-0.25, -0.2) is 0 Å². The van der Waals surface area contributed by atoms with Crippen LogP contribution in [0.1, 0.15) is 30.7 Å². The van der Waals surface area contributed by atoms with Gasteiger partial charge in [0.25, 0.3) is 0 Å². The van der Waals surface area contributed by atoms with E-state index in [1.807, 2.05) is 6.07 Å². The van der Waals surface area contributed by atoms with Gasteiger partial charge in [0.15, 0.2) is 0 Å². The molecule has 1 amide bonds. The van der Waals surface area contributed by atoms with Crippen LogP contribution < -0.4 is 5.32 Å². The normalized spacial score (nSPS) is 11.9. The third-order valence-electron chi connectivity index (χ3n) is 3.46. The molecule has 0 fully saturated rings. The molecule has 0 saturated heterocycles. The molecule has 7 nitrogen and oxygen atoms in total. The molecule has 0 aliphatic carbocycles. The topological polar surface area (TPSA) is 95.6 Å². The SMILES string of the molecule is CCOC(=O)CN(C)C(C)C(=O)Nc1oc(C)c(C)c1C#N. The van der Waals surface area contributed by atoms with Crippen molar-refractivity contribution in [2.45, 2.75) is 33.7 Å². The van der Waals surface area contributed by atoms with Crippen LogP contribution in [-0.2, 0) is 14.3 Å². The van der Waals surface area contributed by atoms with Crippen molar-refractivity contribution in [3.63, 3.8) is 0 Å². The van der Waals surface area contributed by atoms with Gasteiger partial charge in [-0.1, -0.05) is 0 Å². The number of carbonyl (C=O) groups is 2. The van der Waals surface area contributed by atoms with Crippen LogP contribution in [0.15, 0.2) is 4.42 Å². The van der Waals surface area contributed by atoms with E-state index >= 15 is 0 Å². The monoisotopic (exact) mass is 307 g/mol. The number of aryl methyl sites for hydroxylation is 1. The van der Waals surface area contributed by atoms with Crippen molar-refractivity contribution in [2.75, 3.05) is 25.5 Å². The van der Waals surface area contributed by atoms with Gasteiger partial charge in [0.1, 0.15) is 17.4 Å². The molecule has 7 heteroatoms. The van der Waals surface area contributed by atoms with E-state index in [1.165, 1.54) is 0 Å². The molecule has 0 spiro atoms. The molecule has 1 N–H and O–H groups in total. The zero-order chi connectivity index (χ0) is 16.9. The van der Waals surface area contributed by atoms with Crippen LogP contribution >= 0.6 is 0 Å². The summed E-state index contributed by atoms with van der Waals surface area (Å²) in [7, 11) is 1.64. The minimum Gasteiger partial charge on any atom is -0.465 e. The zero-order valence-electron chi connectivity index (χ0n) is 13.5. The number of nitrogens with zero attached hydrogens (tertiary/aromatic N) is 2. The van der Waals surface area contributed by atoms with Crippen molar-refractivity contribution in [2.24, 2.45) is 0 Å². The number of nitrogens with one attached hydrogen (secondary N) is 1. The van der Waals surface area contributed by atoms with Crippen LogP contribution in [0, 0.1) is 25.2 Å². The number of esters is 1. The number of nitriles is 1. The number of hydrogen-bond donors (Lipinski definition) is 1. The Morgan fingerprint density at radius 2 is 2.09 bits per heavy atom. The molecule has 0 bridgehead atoms. The Hall–Kier alpha value is -2.33. The van der Waals surface area contributed by atoms with Crippen molar-refractivity contribution < 1.29 is 18.7 Å². The molecule has 0 aromatic carbocycles. The van der Waals surface area contributed by atoms with Gasteiger partial charge < -0.3 is 9.15 Å². The predicted molar refractivity (Wildman–Crippen MR) is 80.3 cm³/mol. The third kappa shape index (κ3) is 4.09. The van der Waals surface area contributed by atoms with E-state index in [0.717, 1.165) is 0 Å². The molecular formula is C15H21N3O4. The number of amides is 1. The lowest BCUT2D eigenvalue weighted by Crippen LogP contribution is -2.42. The smallest absolute Gasteiger partial charge is 0.320 e. The molecule has 0 aliphatic rings. The number of anilines is 1. The van der Waals surface area contributed by atoms with Crippen molar-refractivity contribution in [1.82, 2.24) is 4.90 Å². The lowest BCUT2D eigenvalue weighted by atomic mass is 10.2. The molecule has 1 rings (SSSR count). The first kappa shape index (κ1) is 17.7. The number of hydrogen-bond acceptors (Lipinski definition) is 6. The minimum atomic E-state index is -0.582. The van der Waals surface area contributed by atoms with Crippen LogP contribution in [0.3, 0.4) is 0 Å². The summed E-state index contributed by atoms with van der Waals surface area (Å²) < 4.78 is 10.2. The molecule has 0 radical (unpaired) electrons. The number of ether oxygens (including phenoxy) is 1. The van der Waals surface area contributed by atoms with Crippen molar-refractivity contribution in [3.05, 3.63) is 16.9 Å². The molecule has 1 aromatic heterocycles. The fraction of sp³-hybridized carbons (Fsp3) is 0.533. The maximum atomic E-state index is 12.2. The summed E-state index contributed by atoms with van der Waals surface area (Å²) in [6, 6.07) is 1.43. The highest BCUT2D eigenvalue weighted by atomic mass is 16.5. The van der Waals surface area contributed by atoms with Gasteiger partial charge in [0.2, 0.25) is 11.8 Å². The van der Waals surface area contributed by atoms with E-state index in [-0.39, 0.29) is 18.3 Å². The van der Waals surface area contributed by atoms with Gasteiger partial charge in [-0.15, -0.1) is 0 Å². The van der Waals surface area contributed by atoms with Crippen LogP contribution in [0.2, 0.25) is 0 Å². The van der Waals surface area contributed by atoms with Crippen LogP contribution in [-0.4, -0.2) is 43.0 Å². The van der Waals surface area contributed by atoms with E-state index in [0.29, 0.717) is 23.5 Å². The van der Waals surface area contributed by atoms with Crippen LogP contribution in [0.4, 0.5) is 5.88 Å². The standard InChI is InChI=1S/C15H21N3O4/c1-6-21-13(19)8-18(5)10(3)14(20)17-15-12(7-16)9(2)11(4)22-15/h10H,6,8H2,1-5H3,(H,17,20). The van der Waals surface area contributed by atoms with E-state index in [9.17, 15) is 9.59 Å². The quantitative estimate of drug-likeness (QED) is 0.802. The van der Waals surface area contributed by atoms with Gasteiger partial charge in [-0.2, -0.15) is 5.26 Å². The van der Waals surface area contributed by atoms with Crippen molar-refractivity contribution in [1.29, 1.82) is 5.26 Å². The van der Waals surface area contributed by atoms with E-state index in [1.54, 1.807) is 39.6 Å². The van der Waals surface area contributed by atoms with Crippen LogP contribution in [0.25, 0.3) is 0 Å².